The van der Waals surface area contributed by atoms with Gasteiger partial charge in [-0.3, -0.25) is 0 Å². The number of benzene rings is 1. The fourth-order valence-electron chi connectivity index (χ4n) is 2.02. The first kappa shape index (κ1) is 15.0. The van der Waals surface area contributed by atoms with Crippen LogP contribution in [0, 0.1) is 0 Å². The summed E-state index contributed by atoms with van der Waals surface area (Å²) >= 11 is 7.22. The highest BCUT2D eigenvalue weighted by molar-refractivity contribution is 7.98. The molecule has 120 valence electrons. The van der Waals surface area contributed by atoms with E-state index in [2.05, 4.69) is 15.2 Å². The minimum absolute atomic E-state index is 0.344. The minimum atomic E-state index is 0.344. The maximum atomic E-state index is 5.88. The number of nitrogens with zero attached hydrogens (tertiary/aromatic N) is 3. The van der Waals surface area contributed by atoms with Gasteiger partial charge in [0.1, 0.15) is 0 Å². The minimum Gasteiger partial charge on any atom is -0.459 e. The van der Waals surface area contributed by atoms with E-state index in [-0.39, 0.29) is 0 Å². The molecule has 0 atom stereocenters. The molecule has 0 fully saturated rings. The zero-order chi connectivity index (χ0) is 16.4. The lowest BCUT2D eigenvalue weighted by Gasteiger charge is -1.96. The summed E-state index contributed by atoms with van der Waals surface area (Å²) in [6, 6.07) is 10.9. The van der Waals surface area contributed by atoms with E-state index in [9.17, 15) is 0 Å². The van der Waals surface area contributed by atoms with Crippen LogP contribution in [0.15, 0.2) is 67.3 Å². The molecule has 3 aromatic heterocycles. The van der Waals surface area contributed by atoms with Crippen molar-refractivity contribution in [3.8, 4) is 23.0 Å². The molecule has 3 heterocycles. The molecule has 24 heavy (non-hydrogen) atoms. The zero-order valence-electron chi connectivity index (χ0n) is 12.2. The Morgan fingerprint density at radius 1 is 1.00 bits per heavy atom. The van der Waals surface area contributed by atoms with Gasteiger partial charge < -0.3 is 13.3 Å². The third kappa shape index (κ3) is 3.22. The molecular formula is C16H10ClN3O3S. The van der Waals surface area contributed by atoms with Crippen LogP contribution < -0.4 is 0 Å². The normalized spacial score (nSPS) is 11.0. The van der Waals surface area contributed by atoms with E-state index >= 15 is 0 Å². The van der Waals surface area contributed by atoms with E-state index in [0.29, 0.717) is 39.3 Å². The van der Waals surface area contributed by atoms with Crippen LogP contribution in [0.3, 0.4) is 0 Å². The number of furan rings is 1. The Labute approximate surface area is 145 Å². The van der Waals surface area contributed by atoms with Crippen LogP contribution in [0.25, 0.3) is 23.0 Å². The van der Waals surface area contributed by atoms with Gasteiger partial charge in [0.2, 0.25) is 5.89 Å². The van der Waals surface area contributed by atoms with E-state index < -0.39 is 0 Å². The third-order valence-corrected chi connectivity index (χ3v) is 4.20. The predicted octanol–water partition coefficient (Wildman–Crippen LogP) is 4.93. The van der Waals surface area contributed by atoms with E-state index in [0.717, 1.165) is 5.56 Å². The summed E-state index contributed by atoms with van der Waals surface area (Å²) in [7, 11) is 0. The van der Waals surface area contributed by atoms with Gasteiger partial charge in [-0.15, -0.1) is 10.2 Å². The van der Waals surface area contributed by atoms with Crippen molar-refractivity contribution in [1.82, 2.24) is 15.2 Å². The van der Waals surface area contributed by atoms with Gasteiger partial charge in [-0.05, 0) is 36.4 Å². The van der Waals surface area contributed by atoms with Gasteiger partial charge in [-0.2, -0.15) is 0 Å². The SMILES string of the molecule is Clc1ccc(-c2cnc(CSc3nnc(-c4ccco4)o3)o2)cc1. The molecule has 0 aliphatic heterocycles. The summed E-state index contributed by atoms with van der Waals surface area (Å²) in [5.74, 6) is 2.62. The first-order valence-corrected chi connectivity index (χ1v) is 8.35. The monoisotopic (exact) mass is 359 g/mol. The largest absolute Gasteiger partial charge is 0.459 e. The topological polar surface area (TPSA) is 78.1 Å². The lowest BCUT2D eigenvalue weighted by atomic mass is 10.2. The fraction of sp³-hybridized carbons (Fsp3) is 0.0625. The van der Waals surface area contributed by atoms with Crippen molar-refractivity contribution in [2.75, 3.05) is 0 Å². The molecule has 0 N–H and O–H groups in total. The fourth-order valence-corrected chi connectivity index (χ4v) is 2.76. The van der Waals surface area contributed by atoms with Gasteiger partial charge in [0.25, 0.3) is 11.1 Å². The molecule has 0 unspecified atom stereocenters. The second-order valence-corrected chi connectivity index (χ2v) is 6.13. The molecule has 0 amide bonds. The highest BCUT2D eigenvalue weighted by Crippen LogP contribution is 2.28. The Morgan fingerprint density at radius 2 is 1.88 bits per heavy atom. The molecule has 0 bridgehead atoms. The Hall–Kier alpha value is -2.51. The Morgan fingerprint density at radius 3 is 2.67 bits per heavy atom. The summed E-state index contributed by atoms with van der Waals surface area (Å²) in [6.07, 6.45) is 3.23. The van der Waals surface area contributed by atoms with E-state index in [1.54, 1.807) is 24.6 Å². The molecule has 4 rings (SSSR count). The van der Waals surface area contributed by atoms with Crippen LogP contribution in [0.4, 0.5) is 0 Å². The molecule has 0 saturated heterocycles. The van der Waals surface area contributed by atoms with Crippen molar-refractivity contribution in [2.45, 2.75) is 11.0 Å². The first-order valence-electron chi connectivity index (χ1n) is 6.99. The van der Waals surface area contributed by atoms with Gasteiger partial charge in [0, 0.05) is 10.6 Å². The molecule has 0 aliphatic rings. The average Bonchev–Trinajstić information content (AvgIpc) is 3.34. The second-order valence-electron chi connectivity index (χ2n) is 4.76. The van der Waals surface area contributed by atoms with E-state index in [1.165, 1.54) is 11.8 Å². The summed E-state index contributed by atoms with van der Waals surface area (Å²) in [5, 5.41) is 9.00. The van der Waals surface area contributed by atoms with E-state index in [1.807, 2.05) is 24.3 Å². The summed E-state index contributed by atoms with van der Waals surface area (Å²) in [4.78, 5) is 4.26. The van der Waals surface area contributed by atoms with Crippen LogP contribution in [-0.4, -0.2) is 15.2 Å². The van der Waals surface area contributed by atoms with Crippen molar-refractivity contribution < 1.29 is 13.3 Å². The van der Waals surface area contributed by atoms with Gasteiger partial charge >= 0.3 is 0 Å². The molecule has 0 saturated carbocycles. The van der Waals surface area contributed by atoms with Crippen LogP contribution >= 0.6 is 23.4 Å². The van der Waals surface area contributed by atoms with Crippen molar-refractivity contribution in [1.29, 1.82) is 0 Å². The average molecular weight is 360 g/mol. The predicted molar refractivity (Wildman–Crippen MR) is 88.5 cm³/mol. The Bertz CT molecular complexity index is 932. The number of rotatable bonds is 5. The highest BCUT2D eigenvalue weighted by Gasteiger charge is 2.13. The number of aromatic nitrogens is 3. The van der Waals surface area contributed by atoms with Crippen molar-refractivity contribution in [3.63, 3.8) is 0 Å². The number of halogens is 1. The highest BCUT2D eigenvalue weighted by atomic mass is 35.5. The van der Waals surface area contributed by atoms with Crippen molar-refractivity contribution in [2.24, 2.45) is 0 Å². The number of hydrogen-bond donors (Lipinski definition) is 0. The zero-order valence-corrected chi connectivity index (χ0v) is 13.8. The van der Waals surface area contributed by atoms with Crippen LogP contribution in [0.1, 0.15) is 5.89 Å². The maximum Gasteiger partial charge on any atom is 0.284 e. The van der Waals surface area contributed by atoms with Crippen LogP contribution in [0.5, 0.6) is 0 Å². The summed E-state index contributed by atoms with van der Waals surface area (Å²) in [6.45, 7) is 0. The summed E-state index contributed by atoms with van der Waals surface area (Å²) < 4.78 is 16.5. The lowest BCUT2D eigenvalue weighted by molar-refractivity contribution is 0.446. The van der Waals surface area contributed by atoms with Crippen molar-refractivity contribution in [3.05, 3.63) is 59.8 Å². The molecule has 1 aromatic carbocycles. The van der Waals surface area contributed by atoms with Gasteiger partial charge in [0.05, 0.1) is 18.2 Å². The molecular weight excluding hydrogens is 350 g/mol. The van der Waals surface area contributed by atoms with Gasteiger partial charge in [0.15, 0.2) is 11.5 Å². The molecule has 8 heteroatoms. The second kappa shape index (κ2) is 6.54. The lowest BCUT2D eigenvalue weighted by Crippen LogP contribution is -1.79. The van der Waals surface area contributed by atoms with E-state index in [4.69, 9.17) is 24.9 Å². The van der Waals surface area contributed by atoms with Gasteiger partial charge in [-0.25, -0.2) is 4.98 Å². The van der Waals surface area contributed by atoms with Crippen LogP contribution in [0.2, 0.25) is 5.02 Å². The molecule has 6 nitrogen and oxygen atoms in total. The Kier molecular flexibility index (Phi) is 4.10. The Balaban J connectivity index is 1.42. The summed E-state index contributed by atoms with van der Waals surface area (Å²) in [5.41, 5.74) is 0.918. The van der Waals surface area contributed by atoms with Crippen molar-refractivity contribution >= 4 is 23.4 Å². The maximum absolute atomic E-state index is 5.88. The van der Waals surface area contributed by atoms with Crippen LogP contribution in [-0.2, 0) is 5.75 Å². The van der Waals surface area contributed by atoms with Gasteiger partial charge in [-0.1, -0.05) is 23.4 Å². The number of thioether (sulfide) groups is 1. The standard InChI is InChI=1S/C16H10ClN3O3S/c17-11-5-3-10(4-6-11)13-8-18-14(22-13)9-24-16-20-19-15(23-16)12-2-1-7-21-12/h1-8H,9H2. The molecule has 0 aliphatic carbocycles. The molecule has 4 aromatic rings. The molecule has 0 spiro atoms. The smallest absolute Gasteiger partial charge is 0.284 e. The number of hydrogen-bond acceptors (Lipinski definition) is 7. The number of oxazole rings is 1. The molecule has 0 radical (unpaired) electrons. The quantitative estimate of drug-likeness (QED) is 0.467. The third-order valence-electron chi connectivity index (χ3n) is 3.14. The first-order chi connectivity index (χ1) is 11.8.